The van der Waals surface area contributed by atoms with Crippen LogP contribution in [0.2, 0.25) is 0 Å². The van der Waals surface area contributed by atoms with Gasteiger partial charge in [0.05, 0.1) is 0 Å². The Kier molecular flexibility index (Phi) is 206. The van der Waals surface area contributed by atoms with Crippen molar-refractivity contribution < 1.29 is 25.0 Å². The van der Waals surface area contributed by atoms with Gasteiger partial charge < -0.3 is 5.48 Å². The first-order chi connectivity index (χ1) is 0. The fraction of sp³-hybridized carbons (Fsp3) is 0. The second-order valence-corrected chi connectivity index (χ2v) is 0. The van der Waals surface area contributed by atoms with Crippen LogP contribution in [0.25, 0.3) is 0 Å². The monoisotopic (exact) mass is 138 g/mol. The molecular weight excluding hydrogens is 133 g/mol. The van der Waals surface area contributed by atoms with E-state index in [1.807, 2.05) is 0 Å². The summed E-state index contributed by atoms with van der Waals surface area (Å²) in [6.45, 7) is 0. The van der Waals surface area contributed by atoms with Crippen molar-refractivity contribution in [3.63, 3.8) is 0 Å². The predicted molar refractivity (Wildman–Crippen MR) is 22.1 cm³/mol. The minimum atomic E-state index is 0. The van der Waals surface area contributed by atoms with Crippen LogP contribution >= 0.6 is 0 Å². The van der Waals surface area contributed by atoms with Crippen molar-refractivity contribution in [1.82, 2.24) is 0 Å². The van der Waals surface area contributed by atoms with Crippen molar-refractivity contribution in [2.45, 2.75) is 0 Å². The van der Waals surface area contributed by atoms with Crippen LogP contribution in [0.4, 0.5) is 0 Å². The number of hydrogen-bond acceptors (Lipinski definition) is 0. The summed E-state index contributed by atoms with van der Waals surface area (Å²) in [5.41, 5.74) is 0. The zero-order chi connectivity index (χ0) is 0. The maximum atomic E-state index is 0. The molecule has 4 heteroatoms. The fourth-order valence-corrected chi connectivity index (χ4v) is 0. The summed E-state index contributed by atoms with van der Waals surface area (Å²) in [6.07, 6.45) is 0. The van der Waals surface area contributed by atoms with E-state index in [2.05, 4.69) is 0 Å². The summed E-state index contributed by atoms with van der Waals surface area (Å²) in [5, 5.41) is 0. The van der Waals surface area contributed by atoms with E-state index in [1.54, 1.807) is 0 Å². The van der Waals surface area contributed by atoms with Crippen LogP contribution in [0.3, 0.4) is 0 Å². The van der Waals surface area contributed by atoms with Gasteiger partial charge in [-0.3, -0.25) is 0 Å². The quantitative estimate of drug-likeness (QED) is 0.322. The predicted octanol–water partition coefficient (Wildman–Crippen LogP) is -2.93. The Bertz CT molecular complexity index is 8.00. The van der Waals surface area contributed by atoms with E-state index in [1.165, 1.54) is 0 Å². The van der Waals surface area contributed by atoms with Crippen molar-refractivity contribution in [2.75, 3.05) is 0 Å². The van der Waals surface area contributed by atoms with E-state index in [-0.39, 0.29) is 65.4 Å². The van der Waals surface area contributed by atoms with Gasteiger partial charge in [-0.1, -0.05) is 0 Å². The third kappa shape index (κ3) is 9.10. The smallest absolute Gasteiger partial charge is 0.316 e. The standard InChI is InChI=1S/Al.Mg.H2O.Zn.5H/h;;1H2;;;;;;. The molecule has 0 saturated carbocycles. The van der Waals surface area contributed by atoms with Crippen molar-refractivity contribution in [3.05, 3.63) is 0 Å². The Labute approximate surface area is 64.9 Å². The summed E-state index contributed by atoms with van der Waals surface area (Å²) >= 11 is 0. The van der Waals surface area contributed by atoms with E-state index in [0.717, 1.165) is 0 Å². The van der Waals surface area contributed by atoms with E-state index >= 15 is 0 Å². The molecule has 0 fully saturated rings. The van der Waals surface area contributed by atoms with Gasteiger partial charge in [-0.05, 0) is 0 Å². The minimum absolute atomic E-state index is 0. The number of hydrogen-bond donors (Lipinski definition) is 0. The topological polar surface area (TPSA) is 31.5 Å². The van der Waals surface area contributed by atoms with Crippen molar-refractivity contribution in [2.24, 2.45) is 0 Å². The van der Waals surface area contributed by atoms with Gasteiger partial charge in [0.1, 0.15) is 0 Å². The van der Waals surface area contributed by atoms with Crippen LogP contribution in [-0.4, -0.2) is 45.9 Å². The van der Waals surface area contributed by atoms with Gasteiger partial charge in [0.25, 0.3) is 0 Å². The van der Waals surface area contributed by atoms with Gasteiger partial charge in [-0.15, -0.1) is 0 Å². The molecule has 0 aliphatic heterocycles. The second kappa shape index (κ2) is 20.8. The Hall–Kier alpha value is 1.88. The normalized spacial score (nSPS) is 0. The van der Waals surface area contributed by atoms with Crippen molar-refractivity contribution in [1.29, 1.82) is 0 Å². The molecule has 0 aromatic rings. The molecule has 0 bridgehead atoms. The first-order valence-corrected chi connectivity index (χ1v) is 0. The molecule has 0 heterocycles. The second-order valence-electron chi connectivity index (χ2n) is 0. The molecule has 0 radical (unpaired) electrons. The van der Waals surface area contributed by atoms with Gasteiger partial charge in [-0.2, -0.15) is 0 Å². The largest absolute Gasteiger partial charge is 0.412 e. The van der Waals surface area contributed by atoms with Crippen LogP contribution < -0.4 is 0 Å². The summed E-state index contributed by atoms with van der Waals surface area (Å²) in [6, 6.07) is 0. The van der Waals surface area contributed by atoms with Crippen LogP contribution in [0, 0.1) is 0 Å². The third-order valence-electron chi connectivity index (χ3n) is 0. The van der Waals surface area contributed by atoms with Gasteiger partial charge in [0.2, 0.25) is 0 Å². The van der Waals surface area contributed by atoms with Crippen LogP contribution in [0.5, 0.6) is 0 Å². The molecule has 1 nitrogen and oxygen atoms in total. The molecule has 0 rings (SSSR count). The molecule has 0 spiro atoms. The first-order valence-electron chi connectivity index (χ1n) is 0. The molecule has 0 aliphatic carbocycles. The summed E-state index contributed by atoms with van der Waals surface area (Å²) in [7, 11) is 0. The van der Waals surface area contributed by atoms with E-state index in [4.69, 9.17) is 0 Å². The molecule has 4 heavy (non-hydrogen) atoms. The Morgan fingerprint density at radius 3 is 1.00 bits per heavy atom. The van der Waals surface area contributed by atoms with Crippen LogP contribution in [0.15, 0.2) is 0 Å². The molecule has 2 N–H and O–H groups in total. The summed E-state index contributed by atoms with van der Waals surface area (Å²) in [4.78, 5) is 0. The Morgan fingerprint density at radius 1 is 1.00 bits per heavy atom. The van der Waals surface area contributed by atoms with E-state index in [9.17, 15) is 0 Å². The average Bonchev–Trinajstić information content (AvgIpc) is 0. The first kappa shape index (κ1) is 39.6. The molecule has 20 valence electrons. The molecular formula is H7AlMgOZn. The molecule has 0 unspecified atom stereocenters. The zero-order valence-electron chi connectivity index (χ0n) is 1.21. The Balaban J connectivity index is 0. The van der Waals surface area contributed by atoms with Crippen LogP contribution in [-0.2, 0) is 19.5 Å². The van der Waals surface area contributed by atoms with Crippen molar-refractivity contribution >= 4 is 40.4 Å². The molecule has 0 atom stereocenters. The maximum Gasteiger partial charge on any atom is 0.316 e. The third-order valence-corrected chi connectivity index (χ3v) is 0. The molecule has 0 aliphatic rings. The molecule has 0 saturated heterocycles. The van der Waals surface area contributed by atoms with Gasteiger partial charge >= 0.3 is 23.1 Å². The van der Waals surface area contributed by atoms with E-state index < -0.39 is 0 Å². The summed E-state index contributed by atoms with van der Waals surface area (Å²) in [5.74, 6) is 0. The fourth-order valence-electron chi connectivity index (χ4n) is 0. The molecule has 0 aromatic carbocycles. The van der Waals surface area contributed by atoms with Gasteiger partial charge in [0, 0.05) is 19.5 Å². The average molecular weight is 140 g/mol. The van der Waals surface area contributed by atoms with Gasteiger partial charge in [0.15, 0.2) is 17.4 Å². The molecule has 0 amide bonds. The molecule has 0 aromatic heterocycles. The Morgan fingerprint density at radius 2 is 1.00 bits per heavy atom. The SMILES string of the molecule is O.[AlH3].[MgH2].[Zn]. The minimum Gasteiger partial charge on any atom is -0.412 e. The van der Waals surface area contributed by atoms with E-state index in [0.29, 0.717) is 0 Å². The van der Waals surface area contributed by atoms with Gasteiger partial charge in [-0.25, -0.2) is 0 Å². The van der Waals surface area contributed by atoms with Crippen molar-refractivity contribution in [3.8, 4) is 0 Å². The maximum absolute atomic E-state index is 0. The zero-order valence-corrected chi connectivity index (χ0v) is 4.17. The number of rotatable bonds is 0. The van der Waals surface area contributed by atoms with Crippen LogP contribution in [0.1, 0.15) is 0 Å². The summed E-state index contributed by atoms with van der Waals surface area (Å²) < 4.78 is 0.